The fourth-order valence-corrected chi connectivity index (χ4v) is 2.48. The number of hydrogen-bond donors (Lipinski definition) is 2. The first-order valence-corrected chi connectivity index (χ1v) is 9.49. The molecule has 0 aromatic heterocycles. The van der Waals surface area contributed by atoms with E-state index in [4.69, 9.17) is 9.47 Å². The molecule has 0 spiro atoms. The van der Waals surface area contributed by atoms with Crippen LogP contribution in [0.5, 0.6) is 5.75 Å². The second-order valence-electron chi connectivity index (χ2n) is 6.72. The zero-order valence-corrected chi connectivity index (χ0v) is 17.5. The van der Waals surface area contributed by atoms with Crippen molar-refractivity contribution >= 4 is 29.5 Å². The van der Waals surface area contributed by atoms with Crippen LogP contribution in [0, 0.1) is 6.92 Å². The Morgan fingerprint density at radius 1 is 1.00 bits per heavy atom. The zero-order chi connectivity index (χ0) is 22.1. The molecule has 30 heavy (non-hydrogen) atoms. The van der Waals surface area contributed by atoms with Crippen molar-refractivity contribution in [1.82, 2.24) is 5.32 Å². The Balaban J connectivity index is 1.83. The van der Waals surface area contributed by atoms with Crippen molar-refractivity contribution in [1.29, 1.82) is 0 Å². The minimum atomic E-state index is -1.01. The minimum absolute atomic E-state index is 0.449. The maximum Gasteiger partial charge on any atom is 0.329 e. The molecule has 2 atom stereocenters. The molecule has 2 aromatic carbocycles. The van der Waals surface area contributed by atoms with Gasteiger partial charge in [0.15, 0.2) is 6.10 Å². The highest BCUT2D eigenvalue weighted by molar-refractivity contribution is 5.97. The van der Waals surface area contributed by atoms with Crippen LogP contribution in [0.3, 0.4) is 0 Å². The first-order chi connectivity index (χ1) is 14.3. The van der Waals surface area contributed by atoms with Gasteiger partial charge < -0.3 is 20.1 Å². The molecule has 0 radical (unpaired) electrons. The first kappa shape index (κ1) is 22.7. The van der Waals surface area contributed by atoms with Gasteiger partial charge in [-0.05, 0) is 56.2 Å². The van der Waals surface area contributed by atoms with E-state index in [2.05, 4.69) is 10.6 Å². The second kappa shape index (κ2) is 10.8. The molecule has 0 heterocycles. The average Bonchev–Trinajstić information content (AvgIpc) is 2.74. The van der Waals surface area contributed by atoms with Crippen LogP contribution in [0.15, 0.2) is 54.6 Å². The van der Waals surface area contributed by atoms with Crippen LogP contribution in [-0.2, 0) is 19.1 Å². The maximum atomic E-state index is 12.3. The van der Waals surface area contributed by atoms with E-state index in [1.165, 1.54) is 19.9 Å². The molecule has 2 amide bonds. The van der Waals surface area contributed by atoms with Gasteiger partial charge in [0, 0.05) is 11.8 Å². The van der Waals surface area contributed by atoms with Gasteiger partial charge in [-0.3, -0.25) is 9.59 Å². The molecule has 2 unspecified atom stereocenters. The molecule has 2 aromatic rings. The molecule has 0 aliphatic carbocycles. The van der Waals surface area contributed by atoms with Crippen LogP contribution in [0.2, 0.25) is 0 Å². The SMILES string of the molecule is COc1ccc(C=CC(=O)NC(C)C(=O)OC(C)C(=O)Nc2ccccc2C)cc1. The maximum absolute atomic E-state index is 12.3. The molecule has 7 heteroatoms. The standard InChI is InChI=1S/C23H26N2O5/c1-15-7-5-6-8-20(15)25-22(27)17(3)30-23(28)16(2)24-21(26)14-11-18-9-12-19(29-4)13-10-18/h5-14,16-17H,1-4H3,(H,24,26)(H,25,27). The van der Waals surface area contributed by atoms with Crippen molar-refractivity contribution in [3.63, 3.8) is 0 Å². The fraction of sp³-hybridized carbons (Fsp3) is 0.261. The van der Waals surface area contributed by atoms with E-state index in [1.54, 1.807) is 49.6 Å². The summed E-state index contributed by atoms with van der Waals surface area (Å²) in [5, 5.41) is 5.24. The molecule has 2 N–H and O–H groups in total. The van der Waals surface area contributed by atoms with Crippen LogP contribution in [-0.4, -0.2) is 37.0 Å². The lowest BCUT2D eigenvalue weighted by molar-refractivity contribution is -0.155. The number of anilines is 1. The molecule has 0 bridgehead atoms. The monoisotopic (exact) mass is 410 g/mol. The Hall–Kier alpha value is -3.61. The molecular weight excluding hydrogens is 384 g/mol. The van der Waals surface area contributed by atoms with Crippen molar-refractivity contribution < 1.29 is 23.9 Å². The van der Waals surface area contributed by atoms with Gasteiger partial charge in [-0.2, -0.15) is 0 Å². The first-order valence-electron chi connectivity index (χ1n) is 9.49. The molecule has 0 saturated heterocycles. The normalized spacial score (nSPS) is 12.7. The van der Waals surface area contributed by atoms with E-state index in [9.17, 15) is 14.4 Å². The van der Waals surface area contributed by atoms with Gasteiger partial charge >= 0.3 is 5.97 Å². The predicted molar refractivity (Wildman–Crippen MR) is 115 cm³/mol. The number of ether oxygens (including phenoxy) is 2. The molecule has 0 saturated carbocycles. The topological polar surface area (TPSA) is 93.7 Å². The molecule has 0 aliphatic heterocycles. The van der Waals surface area contributed by atoms with Gasteiger partial charge in [-0.1, -0.05) is 30.3 Å². The third kappa shape index (κ3) is 6.77. The average molecular weight is 410 g/mol. The van der Waals surface area contributed by atoms with Crippen molar-refractivity contribution in [2.45, 2.75) is 32.9 Å². The zero-order valence-electron chi connectivity index (χ0n) is 17.5. The lowest BCUT2D eigenvalue weighted by Crippen LogP contribution is -2.41. The Morgan fingerprint density at radius 2 is 1.67 bits per heavy atom. The molecule has 158 valence electrons. The Bertz CT molecular complexity index is 921. The van der Waals surface area contributed by atoms with Gasteiger partial charge in [-0.15, -0.1) is 0 Å². The summed E-state index contributed by atoms with van der Waals surface area (Å²) in [4.78, 5) is 36.5. The minimum Gasteiger partial charge on any atom is -0.497 e. The molecular formula is C23H26N2O5. The number of methoxy groups -OCH3 is 1. The van der Waals surface area contributed by atoms with Gasteiger partial charge in [0.2, 0.25) is 5.91 Å². The summed E-state index contributed by atoms with van der Waals surface area (Å²) in [6.07, 6.45) is 1.93. The number of aryl methyl sites for hydroxylation is 1. The van der Waals surface area contributed by atoms with Crippen molar-refractivity contribution in [2.75, 3.05) is 12.4 Å². The number of esters is 1. The summed E-state index contributed by atoms with van der Waals surface area (Å²) >= 11 is 0. The van der Waals surface area contributed by atoms with E-state index in [1.807, 2.05) is 19.1 Å². The molecule has 0 fully saturated rings. The van der Waals surface area contributed by atoms with Gasteiger partial charge in [0.25, 0.3) is 5.91 Å². The summed E-state index contributed by atoms with van der Waals surface area (Å²) in [6, 6.07) is 13.5. The van der Waals surface area contributed by atoms with E-state index in [-0.39, 0.29) is 0 Å². The quantitative estimate of drug-likeness (QED) is 0.515. The van der Waals surface area contributed by atoms with Gasteiger partial charge in [0.05, 0.1) is 7.11 Å². The number of nitrogens with one attached hydrogen (secondary N) is 2. The van der Waals surface area contributed by atoms with E-state index in [0.717, 1.165) is 11.1 Å². The highest BCUT2D eigenvalue weighted by Crippen LogP contribution is 2.14. The Morgan fingerprint density at radius 3 is 2.30 bits per heavy atom. The summed E-state index contributed by atoms with van der Waals surface area (Å²) in [6.45, 7) is 4.83. The number of amides is 2. The van der Waals surface area contributed by atoms with Gasteiger partial charge in [-0.25, -0.2) is 4.79 Å². The highest BCUT2D eigenvalue weighted by Gasteiger charge is 2.23. The van der Waals surface area contributed by atoms with E-state index < -0.39 is 29.9 Å². The third-order valence-corrected chi connectivity index (χ3v) is 4.32. The van der Waals surface area contributed by atoms with E-state index in [0.29, 0.717) is 11.4 Å². The van der Waals surface area contributed by atoms with E-state index >= 15 is 0 Å². The van der Waals surface area contributed by atoms with Crippen LogP contribution < -0.4 is 15.4 Å². The smallest absolute Gasteiger partial charge is 0.329 e. The third-order valence-electron chi connectivity index (χ3n) is 4.32. The number of para-hydroxylation sites is 1. The predicted octanol–water partition coefficient (Wildman–Crippen LogP) is 3.09. The Labute approximate surface area is 176 Å². The highest BCUT2D eigenvalue weighted by atomic mass is 16.5. The molecule has 0 aliphatic rings. The summed E-state index contributed by atoms with van der Waals surface area (Å²) in [5.41, 5.74) is 2.35. The lowest BCUT2D eigenvalue weighted by atomic mass is 10.2. The Kier molecular flexibility index (Phi) is 8.17. The summed E-state index contributed by atoms with van der Waals surface area (Å²) in [7, 11) is 1.58. The van der Waals surface area contributed by atoms with Crippen molar-refractivity contribution in [3.05, 3.63) is 65.7 Å². The fourth-order valence-electron chi connectivity index (χ4n) is 2.48. The molecule has 2 rings (SSSR count). The second-order valence-corrected chi connectivity index (χ2v) is 6.72. The number of carbonyl (C=O) groups excluding carboxylic acids is 3. The van der Waals surface area contributed by atoms with Crippen LogP contribution in [0.1, 0.15) is 25.0 Å². The van der Waals surface area contributed by atoms with Crippen molar-refractivity contribution in [3.8, 4) is 5.75 Å². The summed E-state index contributed by atoms with van der Waals surface area (Å²) in [5.74, 6) is -0.884. The largest absolute Gasteiger partial charge is 0.497 e. The van der Waals surface area contributed by atoms with Crippen LogP contribution in [0.25, 0.3) is 6.08 Å². The number of hydrogen-bond acceptors (Lipinski definition) is 5. The lowest BCUT2D eigenvalue weighted by Gasteiger charge is -2.17. The number of carbonyl (C=O) groups is 3. The van der Waals surface area contributed by atoms with Gasteiger partial charge in [0.1, 0.15) is 11.8 Å². The van der Waals surface area contributed by atoms with Crippen LogP contribution in [0.4, 0.5) is 5.69 Å². The number of rotatable bonds is 8. The number of benzene rings is 2. The van der Waals surface area contributed by atoms with Crippen LogP contribution >= 0.6 is 0 Å². The molecule has 7 nitrogen and oxygen atoms in total. The van der Waals surface area contributed by atoms with Crippen molar-refractivity contribution in [2.24, 2.45) is 0 Å². The summed E-state index contributed by atoms with van der Waals surface area (Å²) < 4.78 is 10.2.